The first-order valence-corrected chi connectivity index (χ1v) is 7.01. The van der Waals surface area contributed by atoms with Crippen LogP contribution in [0.1, 0.15) is 17.0 Å². The van der Waals surface area contributed by atoms with Crippen LogP contribution in [0.25, 0.3) is 22.9 Å². The molecule has 2 rings (SSSR count). The standard InChI is InChI=1S/C18H21NO3/c1-6-14-17-13(9-10-16(21-4)18(17)22-5)12(2)15(19-14)8-7-11-20-3/h6-10H,1,11H2,2-5H3. The second-order valence-electron chi connectivity index (χ2n) is 4.79. The first kappa shape index (κ1) is 16.0. The molecule has 0 bridgehead atoms. The van der Waals surface area contributed by atoms with E-state index in [0.717, 1.165) is 27.7 Å². The van der Waals surface area contributed by atoms with Crippen molar-refractivity contribution >= 4 is 22.9 Å². The Balaban J connectivity index is 2.77. The van der Waals surface area contributed by atoms with Crippen molar-refractivity contribution in [2.24, 2.45) is 0 Å². The lowest BCUT2D eigenvalue weighted by Gasteiger charge is -2.15. The van der Waals surface area contributed by atoms with Gasteiger partial charge in [0.1, 0.15) is 0 Å². The maximum Gasteiger partial charge on any atom is 0.170 e. The van der Waals surface area contributed by atoms with Crippen LogP contribution < -0.4 is 9.47 Å². The number of pyridine rings is 1. The van der Waals surface area contributed by atoms with Gasteiger partial charge < -0.3 is 14.2 Å². The number of ether oxygens (including phenoxy) is 3. The highest BCUT2D eigenvalue weighted by molar-refractivity contribution is 5.99. The molecule has 0 atom stereocenters. The normalized spacial score (nSPS) is 11.1. The highest BCUT2D eigenvalue weighted by Gasteiger charge is 2.16. The van der Waals surface area contributed by atoms with Crippen LogP contribution in [-0.2, 0) is 4.74 Å². The zero-order valence-electron chi connectivity index (χ0n) is 13.5. The number of aryl methyl sites for hydroxylation is 1. The molecule has 4 nitrogen and oxygen atoms in total. The van der Waals surface area contributed by atoms with Gasteiger partial charge in [-0.2, -0.15) is 0 Å². The molecule has 2 aromatic rings. The molecule has 0 N–H and O–H groups in total. The summed E-state index contributed by atoms with van der Waals surface area (Å²) in [4.78, 5) is 4.68. The third-order valence-corrected chi connectivity index (χ3v) is 3.56. The topological polar surface area (TPSA) is 40.6 Å². The Bertz CT molecular complexity index is 720. The Hall–Kier alpha value is -2.33. The molecule has 0 aliphatic carbocycles. The fourth-order valence-corrected chi connectivity index (χ4v) is 2.47. The number of methoxy groups -OCH3 is 3. The summed E-state index contributed by atoms with van der Waals surface area (Å²) in [6.07, 6.45) is 5.63. The van der Waals surface area contributed by atoms with E-state index in [1.54, 1.807) is 27.4 Å². The van der Waals surface area contributed by atoms with Gasteiger partial charge in [0.2, 0.25) is 0 Å². The number of hydrogen-bond acceptors (Lipinski definition) is 4. The second-order valence-corrected chi connectivity index (χ2v) is 4.79. The van der Waals surface area contributed by atoms with E-state index in [1.165, 1.54) is 0 Å². The molecule has 0 saturated carbocycles. The number of aromatic nitrogens is 1. The van der Waals surface area contributed by atoms with Gasteiger partial charge in [-0.05, 0) is 42.2 Å². The molecule has 22 heavy (non-hydrogen) atoms. The monoisotopic (exact) mass is 299 g/mol. The summed E-state index contributed by atoms with van der Waals surface area (Å²) in [6.45, 7) is 6.46. The third kappa shape index (κ3) is 2.83. The summed E-state index contributed by atoms with van der Waals surface area (Å²) in [6, 6.07) is 3.93. The van der Waals surface area contributed by atoms with E-state index in [9.17, 15) is 0 Å². The highest BCUT2D eigenvalue weighted by Crippen LogP contribution is 2.39. The molecule has 1 heterocycles. The average molecular weight is 299 g/mol. The lowest BCUT2D eigenvalue weighted by molar-refractivity contribution is 0.234. The van der Waals surface area contributed by atoms with Gasteiger partial charge in [0.15, 0.2) is 11.5 Å². The van der Waals surface area contributed by atoms with Crippen LogP contribution in [-0.4, -0.2) is 32.9 Å². The van der Waals surface area contributed by atoms with E-state index in [1.807, 2.05) is 31.2 Å². The molecule has 0 aliphatic heterocycles. The van der Waals surface area contributed by atoms with Crippen molar-refractivity contribution in [3.63, 3.8) is 0 Å². The number of rotatable bonds is 6. The van der Waals surface area contributed by atoms with Gasteiger partial charge in [-0.15, -0.1) is 0 Å². The first-order chi connectivity index (χ1) is 10.7. The number of hydrogen-bond donors (Lipinski definition) is 0. The van der Waals surface area contributed by atoms with Crippen LogP contribution in [0.3, 0.4) is 0 Å². The van der Waals surface area contributed by atoms with Crippen LogP contribution >= 0.6 is 0 Å². The van der Waals surface area contributed by atoms with Crippen molar-refractivity contribution in [1.82, 2.24) is 4.98 Å². The van der Waals surface area contributed by atoms with Crippen molar-refractivity contribution in [1.29, 1.82) is 0 Å². The summed E-state index contributed by atoms with van der Waals surface area (Å²) < 4.78 is 16.0. The number of fused-ring (bicyclic) bond motifs is 1. The fraction of sp³-hybridized carbons (Fsp3) is 0.278. The summed E-state index contributed by atoms with van der Waals surface area (Å²) >= 11 is 0. The molecule has 0 spiro atoms. The van der Waals surface area contributed by atoms with E-state index < -0.39 is 0 Å². The molecule has 116 valence electrons. The smallest absolute Gasteiger partial charge is 0.170 e. The lowest BCUT2D eigenvalue weighted by Crippen LogP contribution is -1.98. The summed E-state index contributed by atoms with van der Waals surface area (Å²) in [5, 5.41) is 1.98. The summed E-state index contributed by atoms with van der Waals surface area (Å²) in [7, 11) is 4.92. The van der Waals surface area contributed by atoms with Crippen LogP contribution in [0.5, 0.6) is 11.5 Å². The Labute approximate surface area is 131 Å². The van der Waals surface area contributed by atoms with E-state index in [2.05, 4.69) is 11.6 Å². The quantitative estimate of drug-likeness (QED) is 0.812. The van der Waals surface area contributed by atoms with E-state index in [0.29, 0.717) is 18.1 Å². The van der Waals surface area contributed by atoms with E-state index in [-0.39, 0.29) is 0 Å². The van der Waals surface area contributed by atoms with Gasteiger partial charge in [0, 0.05) is 7.11 Å². The zero-order chi connectivity index (χ0) is 16.1. The largest absolute Gasteiger partial charge is 0.493 e. The molecular weight excluding hydrogens is 278 g/mol. The predicted molar refractivity (Wildman–Crippen MR) is 90.6 cm³/mol. The minimum atomic E-state index is 0.550. The Morgan fingerprint density at radius 1 is 1.14 bits per heavy atom. The van der Waals surface area contributed by atoms with Gasteiger partial charge in [0.05, 0.1) is 37.6 Å². The Kier molecular flexibility index (Phi) is 5.17. The molecule has 4 heteroatoms. The third-order valence-electron chi connectivity index (χ3n) is 3.56. The predicted octanol–water partition coefficient (Wildman–Crippen LogP) is 3.86. The van der Waals surface area contributed by atoms with Crippen molar-refractivity contribution < 1.29 is 14.2 Å². The first-order valence-electron chi connectivity index (χ1n) is 7.01. The van der Waals surface area contributed by atoms with Crippen LogP contribution in [0.2, 0.25) is 0 Å². The molecular formula is C18H21NO3. The number of nitrogens with zero attached hydrogens (tertiary/aromatic N) is 1. The summed E-state index contributed by atoms with van der Waals surface area (Å²) in [5.74, 6) is 1.36. The fourth-order valence-electron chi connectivity index (χ4n) is 2.47. The molecule has 0 radical (unpaired) electrons. The van der Waals surface area contributed by atoms with Gasteiger partial charge >= 0.3 is 0 Å². The molecule has 0 amide bonds. The van der Waals surface area contributed by atoms with Crippen LogP contribution in [0.15, 0.2) is 24.8 Å². The molecule has 1 aromatic carbocycles. The molecule has 1 aromatic heterocycles. The maximum atomic E-state index is 5.53. The van der Waals surface area contributed by atoms with Gasteiger partial charge in [0.25, 0.3) is 0 Å². The highest BCUT2D eigenvalue weighted by atomic mass is 16.5. The molecule has 0 saturated heterocycles. The minimum absolute atomic E-state index is 0.550. The van der Waals surface area contributed by atoms with Crippen molar-refractivity contribution in [2.45, 2.75) is 6.92 Å². The van der Waals surface area contributed by atoms with E-state index in [4.69, 9.17) is 14.2 Å². The minimum Gasteiger partial charge on any atom is -0.493 e. The van der Waals surface area contributed by atoms with Crippen molar-refractivity contribution in [3.05, 3.63) is 41.7 Å². The maximum absolute atomic E-state index is 5.53. The molecule has 0 unspecified atom stereocenters. The SMILES string of the molecule is C=Cc1nc(C=CCOC)c(C)c2ccc(OC)c(OC)c12. The zero-order valence-corrected chi connectivity index (χ0v) is 13.5. The van der Waals surface area contributed by atoms with Crippen LogP contribution in [0, 0.1) is 6.92 Å². The second kappa shape index (κ2) is 7.09. The van der Waals surface area contributed by atoms with Gasteiger partial charge in [-0.25, -0.2) is 4.98 Å². The van der Waals surface area contributed by atoms with E-state index >= 15 is 0 Å². The van der Waals surface area contributed by atoms with Crippen molar-refractivity contribution in [2.75, 3.05) is 27.9 Å². The van der Waals surface area contributed by atoms with Crippen molar-refractivity contribution in [3.8, 4) is 11.5 Å². The average Bonchev–Trinajstić information content (AvgIpc) is 2.55. The Morgan fingerprint density at radius 2 is 1.91 bits per heavy atom. The molecule has 0 fully saturated rings. The van der Waals surface area contributed by atoms with Gasteiger partial charge in [-0.1, -0.05) is 12.7 Å². The number of benzene rings is 1. The van der Waals surface area contributed by atoms with Gasteiger partial charge in [-0.3, -0.25) is 0 Å². The molecule has 0 aliphatic rings. The Morgan fingerprint density at radius 3 is 2.50 bits per heavy atom. The lowest BCUT2D eigenvalue weighted by atomic mass is 10.0. The summed E-state index contributed by atoms with van der Waals surface area (Å²) in [5.41, 5.74) is 2.74. The van der Waals surface area contributed by atoms with Crippen LogP contribution in [0.4, 0.5) is 0 Å².